The van der Waals surface area contributed by atoms with Crippen LogP contribution in [0.3, 0.4) is 0 Å². The molecule has 1 aromatic carbocycles. The highest BCUT2D eigenvalue weighted by molar-refractivity contribution is 7.89. The van der Waals surface area contributed by atoms with E-state index in [0.717, 1.165) is 6.26 Å². The molecule has 32 heavy (non-hydrogen) atoms. The lowest BCUT2D eigenvalue weighted by Gasteiger charge is -2.22. The van der Waals surface area contributed by atoms with Gasteiger partial charge in [0.15, 0.2) is 5.13 Å². The number of allylic oxidation sites excluding steroid dienone is 3. The first kappa shape index (κ1) is 24.8. The molecule has 0 radical (unpaired) electrons. The van der Waals surface area contributed by atoms with E-state index in [0.29, 0.717) is 32.7 Å². The van der Waals surface area contributed by atoms with Crippen molar-refractivity contribution in [1.29, 1.82) is 5.26 Å². The van der Waals surface area contributed by atoms with Crippen LogP contribution in [0, 0.1) is 18.3 Å². The minimum absolute atomic E-state index is 0.0151. The molecule has 1 amide bonds. The van der Waals surface area contributed by atoms with Crippen LogP contribution < -0.4 is 9.62 Å². The van der Waals surface area contributed by atoms with Crippen LogP contribution in [0.2, 0.25) is 0 Å². The summed E-state index contributed by atoms with van der Waals surface area (Å²) in [5.41, 5.74) is 1.81. The quantitative estimate of drug-likeness (QED) is 0.336. The van der Waals surface area contributed by atoms with Gasteiger partial charge >= 0.3 is 0 Å². The number of benzene rings is 1. The molecule has 1 aromatic heterocycles. The van der Waals surface area contributed by atoms with Gasteiger partial charge < -0.3 is 9.64 Å². The Morgan fingerprint density at radius 3 is 2.56 bits per heavy atom. The Hall–Kier alpha value is -3.49. The molecule has 9 nitrogen and oxygen atoms in total. The lowest BCUT2D eigenvalue weighted by molar-refractivity contribution is 0.0977. The Morgan fingerprint density at radius 1 is 1.38 bits per heavy atom. The molecule has 2 rings (SSSR count). The zero-order chi connectivity index (χ0) is 23.9. The minimum Gasteiger partial charge on any atom is -0.501 e. The number of aliphatic imine (C=N–C) groups is 1. The number of nitrogens with one attached hydrogen (secondary N) is 1. The molecule has 168 valence electrons. The van der Waals surface area contributed by atoms with Gasteiger partial charge in [0, 0.05) is 10.6 Å². The van der Waals surface area contributed by atoms with Crippen LogP contribution in [0.4, 0.5) is 10.8 Å². The Labute approximate surface area is 191 Å². The number of aryl methyl sites for hydroxylation is 1. The molecule has 0 fully saturated rings. The van der Waals surface area contributed by atoms with Gasteiger partial charge in [0.2, 0.25) is 10.0 Å². The molecule has 0 saturated carbocycles. The van der Waals surface area contributed by atoms with Gasteiger partial charge in [-0.25, -0.2) is 18.1 Å². The van der Waals surface area contributed by atoms with Crippen LogP contribution >= 0.6 is 11.3 Å². The number of hydrogen-bond acceptors (Lipinski definition) is 9. The summed E-state index contributed by atoms with van der Waals surface area (Å²) >= 11 is 1.23. The standard InChI is InChI=1S/C21H23N5O4S2/c1-14(30-4)6-9-17(23-3)13-26(18-10-7-16(12-22)8-11-18)21-24-19(15(2)31-21)20(27)25-32(5,28)29/h6-11H,3,13H2,1-2,4-5H3,(H,25,27)/b14-6+,17-9-. The maximum atomic E-state index is 12.4. The highest BCUT2D eigenvalue weighted by Crippen LogP contribution is 2.32. The van der Waals surface area contributed by atoms with Gasteiger partial charge in [-0.3, -0.25) is 9.79 Å². The van der Waals surface area contributed by atoms with Gasteiger partial charge in [0.25, 0.3) is 5.91 Å². The number of methoxy groups -OCH3 is 1. The predicted molar refractivity (Wildman–Crippen MR) is 126 cm³/mol. The van der Waals surface area contributed by atoms with E-state index in [4.69, 9.17) is 10.00 Å². The van der Waals surface area contributed by atoms with E-state index in [1.54, 1.807) is 62.3 Å². The number of thiazole rings is 1. The van der Waals surface area contributed by atoms with E-state index in [-0.39, 0.29) is 12.2 Å². The number of rotatable bonds is 9. The summed E-state index contributed by atoms with van der Waals surface area (Å²) in [6.45, 7) is 7.35. The van der Waals surface area contributed by atoms with Crippen molar-refractivity contribution in [2.75, 3.05) is 24.8 Å². The number of anilines is 2. The van der Waals surface area contributed by atoms with Crippen LogP contribution in [0.1, 0.15) is 27.9 Å². The third-order valence-electron chi connectivity index (χ3n) is 4.17. The number of amides is 1. The number of ether oxygens (including phenoxy) is 1. The molecular weight excluding hydrogens is 450 g/mol. The molecule has 0 unspecified atom stereocenters. The van der Waals surface area contributed by atoms with Crippen molar-refractivity contribution >= 4 is 44.8 Å². The molecule has 0 atom stereocenters. The first-order chi connectivity index (χ1) is 15.1. The van der Waals surface area contributed by atoms with Crippen LogP contribution in [-0.4, -0.2) is 45.9 Å². The molecule has 0 saturated heterocycles. The van der Waals surface area contributed by atoms with Crippen LogP contribution in [0.15, 0.2) is 52.9 Å². The van der Waals surface area contributed by atoms with Crippen molar-refractivity contribution in [2.24, 2.45) is 4.99 Å². The van der Waals surface area contributed by atoms with Crippen molar-refractivity contribution in [1.82, 2.24) is 9.71 Å². The van der Waals surface area contributed by atoms with Crippen molar-refractivity contribution in [3.63, 3.8) is 0 Å². The zero-order valence-electron chi connectivity index (χ0n) is 18.1. The van der Waals surface area contributed by atoms with Crippen molar-refractivity contribution in [3.8, 4) is 6.07 Å². The summed E-state index contributed by atoms with van der Waals surface area (Å²) in [6, 6.07) is 8.91. The smallest absolute Gasteiger partial charge is 0.284 e. The predicted octanol–water partition coefficient (Wildman–Crippen LogP) is 3.29. The zero-order valence-corrected chi connectivity index (χ0v) is 19.7. The number of nitriles is 1. The number of carbonyl (C=O) groups is 1. The average Bonchev–Trinajstić information content (AvgIpc) is 3.14. The molecule has 0 spiro atoms. The second-order valence-electron chi connectivity index (χ2n) is 6.65. The van der Waals surface area contributed by atoms with Gasteiger partial charge in [-0.1, -0.05) is 0 Å². The molecule has 0 bridgehead atoms. The fourth-order valence-electron chi connectivity index (χ4n) is 2.51. The summed E-state index contributed by atoms with van der Waals surface area (Å²) in [5.74, 6) is -0.121. The maximum absolute atomic E-state index is 12.4. The van der Waals surface area contributed by atoms with Crippen LogP contribution in [0.25, 0.3) is 0 Å². The monoisotopic (exact) mass is 473 g/mol. The Kier molecular flexibility index (Phi) is 8.28. The topological polar surface area (TPSA) is 125 Å². The first-order valence-corrected chi connectivity index (χ1v) is 11.9. The summed E-state index contributed by atoms with van der Waals surface area (Å²) < 4.78 is 30.0. The largest absolute Gasteiger partial charge is 0.501 e. The van der Waals surface area contributed by atoms with E-state index < -0.39 is 15.9 Å². The molecule has 1 N–H and O–H groups in total. The van der Waals surface area contributed by atoms with E-state index >= 15 is 0 Å². The SMILES string of the molecule is C=N/C(=C\C=C(/C)OC)CN(c1ccc(C#N)cc1)c1nc(C(=O)NS(C)(=O)=O)c(C)s1. The molecule has 0 aliphatic carbocycles. The Bertz CT molecular complexity index is 1210. The molecular formula is C21H23N5O4S2. The maximum Gasteiger partial charge on any atom is 0.284 e. The summed E-state index contributed by atoms with van der Waals surface area (Å²) in [4.78, 5) is 23.2. The van der Waals surface area contributed by atoms with E-state index in [2.05, 4.69) is 22.8 Å². The molecule has 0 aliphatic heterocycles. The highest BCUT2D eigenvalue weighted by atomic mass is 32.2. The van der Waals surface area contributed by atoms with Gasteiger partial charge in [-0.05, 0) is 57.0 Å². The number of hydrogen-bond donors (Lipinski definition) is 1. The van der Waals surface area contributed by atoms with Gasteiger partial charge in [0.05, 0.1) is 43.0 Å². The third kappa shape index (κ3) is 6.76. The number of nitrogens with zero attached hydrogens (tertiary/aromatic N) is 4. The number of sulfonamides is 1. The van der Waals surface area contributed by atoms with Crippen LogP contribution in [-0.2, 0) is 14.8 Å². The average molecular weight is 474 g/mol. The third-order valence-corrected chi connectivity index (χ3v) is 5.72. The highest BCUT2D eigenvalue weighted by Gasteiger charge is 2.22. The summed E-state index contributed by atoms with van der Waals surface area (Å²) in [5, 5.41) is 9.54. The van der Waals surface area contributed by atoms with E-state index in [1.165, 1.54) is 11.3 Å². The molecule has 2 aromatic rings. The van der Waals surface area contributed by atoms with Gasteiger partial charge in [0.1, 0.15) is 5.69 Å². The minimum atomic E-state index is -3.73. The Morgan fingerprint density at radius 2 is 2.03 bits per heavy atom. The number of carbonyl (C=O) groups excluding carboxylic acids is 1. The first-order valence-electron chi connectivity index (χ1n) is 9.23. The fraction of sp³-hybridized carbons (Fsp3) is 0.238. The second kappa shape index (κ2) is 10.7. The second-order valence-corrected chi connectivity index (χ2v) is 9.58. The van der Waals surface area contributed by atoms with Gasteiger partial charge in [-0.15, -0.1) is 11.3 Å². The molecule has 1 heterocycles. The van der Waals surface area contributed by atoms with Crippen LogP contribution in [0.5, 0.6) is 0 Å². The van der Waals surface area contributed by atoms with Crippen molar-refractivity contribution in [2.45, 2.75) is 13.8 Å². The fourth-order valence-corrected chi connectivity index (χ4v) is 3.87. The van der Waals surface area contributed by atoms with Gasteiger partial charge in [-0.2, -0.15) is 5.26 Å². The van der Waals surface area contributed by atoms with Crippen molar-refractivity contribution < 1.29 is 17.9 Å². The Balaban J connectivity index is 2.51. The van der Waals surface area contributed by atoms with E-state index in [1.807, 2.05) is 4.72 Å². The summed E-state index contributed by atoms with van der Waals surface area (Å²) in [6.07, 6.45) is 4.40. The lowest BCUT2D eigenvalue weighted by atomic mass is 10.2. The molecule has 0 aliphatic rings. The lowest BCUT2D eigenvalue weighted by Crippen LogP contribution is -2.30. The van der Waals surface area contributed by atoms with E-state index in [9.17, 15) is 13.2 Å². The summed E-state index contributed by atoms with van der Waals surface area (Å²) in [7, 11) is -2.17. The molecule has 11 heteroatoms. The van der Waals surface area contributed by atoms with Crippen molar-refractivity contribution in [3.05, 3.63) is 64.0 Å². The number of aromatic nitrogens is 1. The normalized spacial score (nSPS) is 12.1.